The van der Waals surface area contributed by atoms with Crippen molar-refractivity contribution in [2.45, 2.75) is 31.5 Å². The van der Waals surface area contributed by atoms with Crippen LogP contribution in [0.3, 0.4) is 0 Å². The van der Waals surface area contributed by atoms with E-state index in [1.165, 1.54) is 5.38 Å². The third kappa shape index (κ3) is 4.89. The minimum Gasteiger partial charge on any atom is -0.478 e. The van der Waals surface area contributed by atoms with Crippen LogP contribution in [0.4, 0.5) is 5.13 Å². The molecule has 6 N–H and O–H groups in total. The number of likely N-dealkylation sites (N-methyl/N-ethyl adjacent to an activating group) is 1. The third-order valence-electron chi connectivity index (χ3n) is 3.96. The molecule has 17 heteroatoms. The Morgan fingerprint density at radius 1 is 1.39 bits per heavy atom. The van der Waals surface area contributed by atoms with Crippen LogP contribution in [0.15, 0.2) is 10.5 Å². The number of β-lactam (4-membered cyclic amide) rings is 1. The number of aromatic nitrogens is 1. The maximum absolute atomic E-state index is 12.7. The summed E-state index contributed by atoms with van der Waals surface area (Å²) in [6.45, 7) is 2.32. The summed E-state index contributed by atoms with van der Waals surface area (Å²) in [4.78, 5) is 56.8. The van der Waals surface area contributed by atoms with Crippen molar-refractivity contribution in [1.29, 1.82) is 0 Å². The van der Waals surface area contributed by atoms with Gasteiger partial charge in [-0.1, -0.05) is 5.16 Å². The van der Waals surface area contributed by atoms with E-state index in [9.17, 15) is 27.6 Å². The quantitative estimate of drug-likeness (QED) is 0.114. The SMILES string of the molecule is CNC(=O)[C@H]1[C@@H](NC(=O)/C(=N/OC(C)(C)C(=O)O)c2csc(N)n2)C(=O)N1S(=O)(=O)O. The monoisotopic (exact) mass is 478 g/mol. The van der Waals surface area contributed by atoms with Gasteiger partial charge in [-0.15, -0.1) is 11.3 Å². The first-order valence-electron chi connectivity index (χ1n) is 8.24. The maximum atomic E-state index is 12.7. The molecule has 1 aliphatic heterocycles. The van der Waals surface area contributed by atoms with Crippen molar-refractivity contribution < 1.29 is 42.1 Å². The van der Waals surface area contributed by atoms with Crippen LogP contribution in [0.1, 0.15) is 19.5 Å². The molecule has 0 aromatic carbocycles. The van der Waals surface area contributed by atoms with E-state index in [0.29, 0.717) is 0 Å². The first-order valence-corrected chi connectivity index (χ1v) is 10.5. The number of hydrogen-bond acceptors (Lipinski definition) is 11. The fraction of sp³-hybridized carbons (Fsp3) is 0.429. The average Bonchev–Trinajstić information content (AvgIpc) is 3.07. The van der Waals surface area contributed by atoms with E-state index < -0.39 is 57.4 Å². The number of aliphatic carboxylic acids is 1. The number of carboxylic acid groups (broad SMARTS) is 1. The Morgan fingerprint density at radius 3 is 2.45 bits per heavy atom. The summed E-state index contributed by atoms with van der Waals surface area (Å²) >= 11 is 0.924. The van der Waals surface area contributed by atoms with Gasteiger partial charge in [-0.05, 0) is 13.8 Å². The molecule has 2 heterocycles. The lowest BCUT2D eigenvalue weighted by atomic mass is 9.97. The van der Waals surface area contributed by atoms with E-state index in [0.717, 1.165) is 32.2 Å². The van der Waals surface area contributed by atoms with Crippen molar-refractivity contribution in [3.63, 3.8) is 0 Å². The second-order valence-corrected chi connectivity index (χ2v) is 8.72. The Morgan fingerprint density at radius 2 is 2.00 bits per heavy atom. The van der Waals surface area contributed by atoms with Gasteiger partial charge in [-0.2, -0.15) is 12.7 Å². The van der Waals surface area contributed by atoms with Crippen molar-refractivity contribution in [2.24, 2.45) is 5.16 Å². The van der Waals surface area contributed by atoms with Gasteiger partial charge in [0.15, 0.2) is 16.9 Å². The molecule has 170 valence electrons. The molecule has 0 spiro atoms. The highest BCUT2D eigenvalue weighted by Crippen LogP contribution is 2.24. The fourth-order valence-electron chi connectivity index (χ4n) is 2.28. The van der Waals surface area contributed by atoms with Gasteiger partial charge in [0.25, 0.3) is 11.8 Å². The standard InChI is InChI=1S/C14H18N6O9S2/c1-14(2,12(24)25)29-19-6(5-4-30-13(15)17-5)9(21)18-7-8(10(22)16-3)20(11(7)23)31(26,27)28/h4,7-8H,1-3H3,(H2,15,17)(H,16,22)(H,18,21)(H,24,25)(H,26,27,28)/b19-6+/t7-,8-/m1/s1. The minimum absolute atomic E-state index is 0.0356. The van der Waals surface area contributed by atoms with Crippen LogP contribution in [0.5, 0.6) is 0 Å². The number of thiazole rings is 1. The van der Waals surface area contributed by atoms with Crippen LogP contribution in [-0.2, 0) is 34.3 Å². The zero-order chi connectivity index (χ0) is 23.7. The van der Waals surface area contributed by atoms with Gasteiger partial charge in [0.1, 0.15) is 11.7 Å². The third-order valence-corrected chi connectivity index (χ3v) is 5.54. The maximum Gasteiger partial charge on any atom is 0.363 e. The summed E-state index contributed by atoms with van der Waals surface area (Å²) in [7, 11) is -3.92. The molecule has 0 radical (unpaired) electrons. The summed E-state index contributed by atoms with van der Waals surface area (Å²) in [5.41, 5.74) is 2.97. The van der Waals surface area contributed by atoms with Crippen molar-refractivity contribution in [1.82, 2.24) is 19.9 Å². The van der Waals surface area contributed by atoms with Crippen LogP contribution in [0.2, 0.25) is 0 Å². The summed E-state index contributed by atoms with van der Waals surface area (Å²) in [6.07, 6.45) is 0. The van der Waals surface area contributed by atoms with E-state index in [1.54, 1.807) is 0 Å². The summed E-state index contributed by atoms with van der Waals surface area (Å²) in [5, 5.41) is 18.2. The number of hydrogen-bond donors (Lipinski definition) is 5. The number of nitrogens with one attached hydrogen (secondary N) is 2. The van der Waals surface area contributed by atoms with Crippen LogP contribution in [-0.4, -0.2) is 81.5 Å². The average molecular weight is 478 g/mol. The lowest BCUT2D eigenvalue weighted by Crippen LogP contribution is -2.76. The molecule has 1 aromatic heterocycles. The zero-order valence-electron chi connectivity index (χ0n) is 16.2. The Bertz CT molecular complexity index is 1060. The largest absolute Gasteiger partial charge is 0.478 e. The molecule has 1 fully saturated rings. The number of amides is 3. The summed E-state index contributed by atoms with van der Waals surface area (Å²) in [6, 6.07) is -3.45. The summed E-state index contributed by atoms with van der Waals surface area (Å²) in [5.74, 6) is -4.81. The van der Waals surface area contributed by atoms with E-state index in [-0.39, 0.29) is 15.1 Å². The lowest BCUT2D eigenvalue weighted by molar-refractivity contribution is -0.161. The Kier molecular flexibility index (Phi) is 6.52. The Balaban J connectivity index is 2.36. The van der Waals surface area contributed by atoms with Crippen molar-refractivity contribution >= 4 is 56.2 Å². The number of carbonyl (C=O) groups is 4. The van der Waals surface area contributed by atoms with Gasteiger partial charge in [0.05, 0.1) is 0 Å². The van der Waals surface area contributed by atoms with Crippen LogP contribution < -0.4 is 16.4 Å². The highest BCUT2D eigenvalue weighted by molar-refractivity contribution is 7.84. The molecule has 2 rings (SSSR count). The predicted molar refractivity (Wildman–Crippen MR) is 104 cm³/mol. The van der Waals surface area contributed by atoms with E-state index >= 15 is 0 Å². The van der Waals surface area contributed by atoms with Gasteiger partial charge in [0.2, 0.25) is 11.5 Å². The van der Waals surface area contributed by atoms with Crippen LogP contribution in [0.25, 0.3) is 0 Å². The van der Waals surface area contributed by atoms with Crippen molar-refractivity contribution in [2.75, 3.05) is 12.8 Å². The second-order valence-electron chi connectivity index (χ2n) is 6.54. The fourth-order valence-corrected chi connectivity index (χ4v) is 3.67. The van der Waals surface area contributed by atoms with Gasteiger partial charge in [0, 0.05) is 12.4 Å². The Labute approximate surface area is 179 Å². The van der Waals surface area contributed by atoms with Crippen molar-refractivity contribution in [3.05, 3.63) is 11.1 Å². The first kappa shape index (κ1) is 24.0. The van der Waals surface area contributed by atoms with Gasteiger partial charge in [-0.25, -0.2) is 9.78 Å². The van der Waals surface area contributed by atoms with Crippen LogP contribution in [0, 0.1) is 0 Å². The molecule has 3 amide bonds. The number of nitrogen functional groups attached to an aromatic ring is 1. The normalized spacial score (nSPS) is 19.4. The van der Waals surface area contributed by atoms with Gasteiger partial charge in [-0.3, -0.25) is 18.9 Å². The number of anilines is 1. The number of rotatable bonds is 8. The van der Waals surface area contributed by atoms with Crippen molar-refractivity contribution in [3.8, 4) is 0 Å². The Hall–Kier alpha value is -3.31. The molecule has 0 saturated carbocycles. The molecule has 0 bridgehead atoms. The van der Waals surface area contributed by atoms with E-state index in [2.05, 4.69) is 20.8 Å². The van der Waals surface area contributed by atoms with Gasteiger partial charge < -0.3 is 26.3 Å². The van der Waals surface area contributed by atoms with E-state index in [1.807, 2.05) is 0 Å². The molecule has 0 aliphatic carbocycles. The molecule has 1 aromatic rings. The van der Waals surface area contributed by atoms with Gasteiger partial charge >= 0.3 is 16.3 Å². The highest BCUT2D eigenvalue weighted by atomic mass is 32.2. The lowest BCUT2D eigenvalue weighted by Gasteiger charge is -2.42. The predicted octanol–water partition coefficient (Wildman–Crippen LogP) is -2.45. The molecule has 0 unspecified atom stereocenters. The zero-order valence-corrected chi connectivity index (χ0v) is 17.9. The molecule has 31 heavy (non-hydrogen) atoms. The number of carbonyl (C=O) groups excluding carboxylic acids is 3. The molecular weight excluding hydrogens is 460 g/mol. The van der Waals surface area contributed by atoms with Crippen LogP contribution >= 0.6 is 11.3 Å². The number of carboxylic acids is 1. The summed E-state index contributed by atoms with van der Waals surface area (Å²) < 4.78 is 31.8. The smallest absolute Gasteiger partial charge is 0.363 e. The minimum atomic E-state index is -5.07. The molecular formula is C14H18N6O9S2. The number of nitrogens with two attached hydrogens (primary N) is 1. The molecule has 1 saturated heterocycles. The number of nitrogens with zero attached hydrogens (tertiary/aromatic N) is 3. The second kappa shape index (κ2) is 8.44. The topological polar surface area (TPSA) is 231 Å². The molecule has 15 nitrogen and oxygen atoms in total. The molecule has 2 atom stereocenters. The van der Waals surface area contributed by atoms with E-state index in [4.69, 9.17) is 20.2 Å². The highest BCUT2D eigenvalue weighted by Gasteiger charge is 2.57. The first-order chi connectivity index (χ1) is 14.2. The molecule has 1 aliphatic rings. The number of oxime groups is 1.